The molecule has 1 aliphatic rings. The van der Waals surface area contributed by atoms with E-state index in [-0.39, 0.29) is 5.91 Å². The zero-order valence-corrected chi connectivity index (χ0v) is 17.1. The number of morpholine rings is 1. The predicted molar refractivity (Wildman–Crippen MR) is 115 cm³/mol. The van der Waals surface area contributed by atoms with Crippen LogP contribution < -0.4 is 15.5 Å². The van der Waals surface area contributed by atoms with Crippen LogP contribution in [0.25, 0.3) is 0 Å². The van der Waals surface area contributed by atoms with Crippen LogP contribution in [-0.2, 0) is 9.53 Å². The Morgan fingerprint density at radius 2 is 1.87 bits per heavy atom. The molecule has 0 saturated carbocycles. The molecule has 4 rings (SSSR count). The van der Waals surface area contributed by atoms with Crippen molar-refractivity contribution in [3.8, 4) is 0 Å². The van der Waals surface area contributed by atoms with Crippen LogP contribution in [-0.4, -0.2) is 52.0 Å². The molecule has 1 fully saturated rings. The molecule has 1 saturated heterocycles. The molecule has 0 spiro atoms. The Kier molecular flexibility index (Phi) is 5.89. The molecule has 0 aliphatic carbocycles. The Labute approximate surface area is 175 Å². The zero-order valence-electron chi connectivity index (χ0n) is 17.1. The molecule has 9 heteroatoms. The quantitative estimate of drug-likeness (QED) is 0.648. The molecule has 1 atom stereocenters. The number of hydrogen-bond donors (Lipinski definition) is 2. The van der Waals surface area contributed by atoms with E-state index >= 15 is 0 Å². The zero-order chi connectivity index (χ0) is 20.9. The van der Waals surface area contributed by atoms with Crippen LogP contribution >= 0.6 is 0 Å². The average molecular weight is 407 g/mol. The first-order valence-corrected chi connectivity index (χ1v) is 9.94. The van der Waals surface area contributed by atoms with E-state index in [1.807, 2.05) is 37.3 Å². The number of ether oxygens (including phenoxy) is 1. The summed E-state index contributed by atoms with van der Waals surface area (Å²) in [5.74, 6) is 1.31. The molecule has 0 unspecified atom stereocenters. The van der Waals surface area contributed by atoms with E-state index in [1.165, 1.54) is 0 Å². The Hall–Kier alpha value is -3.46. The van der Waals surface area contributed by atoms with Gasteiger partial charge in [-0.05, 0) is 44.2 Å². The van der Waals surface area contributed by atoms with Crippen molar-refractivity contribution < 1.29 is 9.53 Å². The number of nitrogens with one attached hydrogen (secondary N) is 2. The van der Waals surface area contributed by atoms with Crippen LogP contribution in [0.2, 0.25) is 0 Å². The monoisotopic (exact) mass is 407 g/mol. The first kappa shape index (κ1) is 19.8. The summed E-state index contributed by atoms with van der Waals surface area (Å²) in [5, 5.41) is 10.3. The van der Waals surface area contributed by atoms with Crippen LogP contribution in [0.3, 0.4) is 0 Å². The van der Waals surface area contributed by atoms with E-state index in [0.717, 1.165) is 30.3 Å². The number of anilines is 4. The standard InChI is InChI=1S/C21H25N7O2/c1-15-14-19(27-10-12-30-13-11-27)26-21(23-15)25-18-6-4-17(5-7-18)24-20(29)16(2)28-9-3-8-22-28/h3-9,14,16H,10-13H2,1-2H3,(H,24,29)(H,23,25,26)/t16-/m0/s1. The number of nitrogens with zero attached hydrogens (tertiary/aromatic N) is 5. The number of carbonyl (C=O) groups excluding carboxylic acids is 1. The first-order valence-electron chi connectivity index (χ1n) is 9.94. The highest BCUT2D eigenvalue weighted by atomic mass is 16.5. The van der Waals surface area contributed by atoms with Crippen molar-refractivity contribution in [1.82, 2.24) is 19.7 Å². The third-order valence-corrected chi connectivity index (χ3v) is 4.89. The van der Waals surface area contributed by atoms with Crippen molar-refractivity contribution in [1.29, 1.82) is 0 Å². The second-order valence-electron chi connectivity index (χ2n) is 7.14. The van der Waals surface area contributed by atoms with Crippen molar-refractivity contribution in [2.75, 3.05) is 41.8 Å². The SMILES string of the molecule is Cc1cc(N2CCOCC2)nc(Nc2ccc(NC(=O)[C@H](C)n3cccn3)cc2)n1. The molecule has 3 heterocycles. The van der Waals surface area contributed by atoms with Crippen LogP contribution in [0.4, 0.5) is 23.1 Å². The van der Waals surface area contributed by atoms with Gasteiger partial charge in [0, 0.05) is 48.6 Å². The predicted octanol–water partition coefficient (Wildman–Crippen LogP) is 2.76. The Morgan fingerprint density at radius 1 is 1.13 bits per heavy atom. The van der Waals surface area contributed by atoms with Crippen LogP contribution in [0.15, 0.2) is 48.8 Å². The van der Waals surface area contributed by atoms with Crippen molar-refractivity contribution in [2.24, 2.45) is 0 Å². The Balaban J connectivity index is 1.41. The minimum atomic E-state index is -0.392. The molecule has 2 N–H and O–H groups in total. The number of carbonyl (C=O) groups is 1. The summed E-state index contributed by atoms with van der Waals surface area (Å²) in [6.07, 6.45) is 3.42. The van der Waals surface area contributed by atoms with E-state index in [2.05, 4.69) is 30.6 Å². The van der Waals surface area contributed by atoms with Gasteiger partial charge >= 0.3 is 0 Å². The Bertz CT molecular complexity index is 983. The fourth-order valence-corrected chi connectivity index (χ4v) is 3.20. The van der Waals surface area contributed by atoms with E-state index in [4.69, 9.17) is 4.74 Å². The van der Waals surface area contributed by atoms with E-state index in [0.29, 0.717) is 24.8 Å². The number of aromatic nitrogens is 4. The lowest BCUT2D eigenvalue weighted by atomic mass is 10.2. The molecule has 1 aromatic carbocycles. The molecule has 0 radical (unpaired) electrons. The second kappa shape index (κ2) is 8.91. The van der Waals surface area contributed by atoms with Gasteiger partial charge in [0.25, 0.3) is 0 Å². The topological polar surface area (TPSA) is 97.2 Å². The normalized spacial score (nSPS) is 14.9. The van der Waals surface area contributed by atoms with Crippen LogP contribution in [0, 0.1) is 6.92 Å². The number of amides is 1. The highest BCUT2D eigenvalue weighted by Gasteiger charge is 2.16. The van der Waals surface area contributed by atoms with Gasteiger partial charge in [-0.2, -0.15) is 10.1 Å². The maximum absolute atomic E-state index is 12.4. The van der Waals surface area contributed by atoms with Crippen LogP contribution in [0.1, 0.15) is 18.7 Å². The molecule has 1 aliphatic heterocycles. The number of hydrogen-bond acceptors (Lipinski definition) is 7. The summed E-state index contributed by atoms with van der Waals surface area (Å²) < 4.78 is 7.03. The fraction of sp³-hybridized carbons (Fsp3) is 0.333. The number of benzene rings is 1. The molecule has 2 aromatic heterocycles. The van der Waals surface area contributed by atoms with E-state index in [1.54, 1.807) is 30.1 Å². The smallest absolute Gasteiger partial charge is 0.248 e. The summed E-state index contributed by atoms with van der Waals surface area (Å²) >= 11 is 0. The summed E-state index contributed by atoms with van der Waals surface area (Å²) in [7, 11) is 0. The van der Waals surface area contributed by atoms with Gasteiger partial charge in [-0.25, -0.2) is 4.98 Å². The molecular formula is C21H25N7O2. The van der Waals surface area contributed by atoms with Crippen molar-refractivity contribution in [3.63, 3.8) is 0 Å². The van der Waals surface area contributed by atoms with E-state index < -0.39 is 6.04 Å². The average Bonchev–Trinajstić information content (AvgIpc) is 3.30. The fourth-order valence-electron chi connectivity index (χ4n) is 3.20. The summed E-state index contributed by atoms with van der Waals surface area (Å²) in [4.78, 5) is 23.7. The highest BCUT2D eigenvalue weighted by molar-refractivity contribution is 5.93. The third kappa shape index (κ3) is 4.74. The summed E-state index contributed by atoms with van der Waals surface area (Å²) in [6, 6.07) is 10.8. The van der Waals surface area contributed by atoms with E-state index in [9.17, 15) is 4.79 Å². The lowest BCUT2D eigenvalue weighted by Gasteiger charge is -2.28. The van der Waals surface area contributed by atoms with Gasteiger partial charge < -0.3 is 20.3 Å². The van der Waals surface area contributed by atoms with Gasteiger partial charge in [0.2, 0.25) is 11.9 Å². The minimum absolute atomic E-state index is 0.128. The van der Waals surface area contributed by atoms with Crippen molar-refractivity contribution in [3.05, 3.63) is 54.5 Å². The van der Waals surface area contributed by atoms with Gasteiger partial charge in [0.15, 0.2) is 0 Å². The third-order valence-electron chi connectivity index (χ3n) is 4.89. The molecule has 30 heavy (non-hydrogen) atoms. The van der Waals surface area contributed by atoms with Gasteiger partial charge in [0.1, 0.15) is 11.9 Å². The Morgan fingerprint density at radius 3 is 2.57 bits per heavy atom. The first-order chi connectivity index (χ1) is 14.6. The van der Waals surface area contributed by atoms with Gasteiger partial charge in [0.05, 0.1) is 13.2 Å². The lowest BCUT2D eigenvalue weighted by Crippen LogP contribution is -2.36. The molecule has 156 valence electrons. The highest BCUT2D eigenvalue weighted by Crippen LogP contribution is 2.21. The largest absolute Gasteiger partial charge is 0.378 e. The van der Waals surface area contributed by atoms with Gasteiger partial charge in [-0.3, -0.25) is 9.48 Å². The van der Waals surface area contributed by atoms with Crippen molar-refractivity contribution in [2.45, 2.75) is 19.9 Å². The molecule has 1 amide bonds. The molecule has 9 nitrogen and oxygen atoms in total. The maximum atomic E-state index is 12.4. The molecular weight excluding hydrogens is 382 g/mol. The molecule has 0 bridgehead atoms. The number of aryl methyl sites for hydroxylation is 1. The minimum Gasteiger partial charge on any atom is -0.378 e. The van der Waals surface area contributed by atoms with Crippen molar-refractivity contribution >= 4 is 29.0 Å². The van der Waals surface area contributed by atoms with Gasteiger partial charge in [-0.15, -0.1) is 0 Å². The van der Waals surface area contributed by atoms with Gasteiger partial charge in [-0.1, -0.05) is 0 Å². The second-order valence-corrected chi connectivity index (χ2v) is 7.14. The maximum Gasteiger partial charge on any atom is 0.248 e. The number of rotatable bonds is 6. The summed E-state index contributed by atoms with van der Waals surface area (Å²) in [6.45, 7) is 6.81. The molecule has 3 aromatic rings. The lowest BCUT2D eigenvalue weighted by molar-refractivity contribution is -0.119. The van der Waals surface area contributed by atoms with Crippen LogP contribution in [0.5, 0.6) is 0 Å². The summed E-state index contributed by atoms with van der Waals surface area (Å²) in [5.41, 5.74) is 2.45.